The van der Waals surface area contributed by atoms with Crippen LogP contribution in [0.25, 0.3) is 0 Å². The van der Waals surface area contributed by atoms with E-state index in [0.717, 1.165) is 10.6 Å². The van der Waals surface area contributed by atoms with Crippen LogP contribution in [0.4, 0.5) is 10.1 Å². The maximum atomic E-state index is 14.2. The lowest BCUT2D eigenvalue weighted by atomic mass is 10.1. The van der Waals surface area contributed by atoms with E-state index in [1.54, 1.807) is 37.3 Å². The Balaban J connectivity index is 2.40. The van der Waals surface area contributed by atoms with Gasteiger partial charge in [-0.1, -0.05) is 40.2 Å². The predicted molar refractivity (Wildman–Crippen MR) is 121 cm³/mol. The van der Waals surface area contributed by atoms with Crippen LogP contribution in [0.5, 0.6) is 0 Å². The third kappa shape index (κ3) is 6.76. The van der Waals surface area contributed by atoms with E-state index >= 15 is 0 Å². The highest BCUT2D eigenvalue weighted by Gasteiger charge is 2.30. The highest BCUT2D eigenvalue weighted by atomic mass is 79.9. The molecule has 168 valence electrons. The van der Waals surface area contributed by atoms with Crippen LogP contribution >= 0.6 is 15.9 Å². The van der Waals surface area contributed by atoms with Gasteiger partial charge in [-0.25, -0.2) is 12.8 Å². The molecule has 31 heavy (non-hydrogen) atoms. The van der Waals surface area contributed by atoms with Gasteiger partial charge in [0.15, 0.2) is 0 Å². The number of nitrogens with zero attached hydrogens (tertiary/aromatic N) is 2. The van der Waals surface area contributed by atoms with Crippen LogP contribution in [0, 0.1) is 5.82 Å². The van der Waals surface area contributed by atoms with Crippen LogP contribution in [0.1, 0.15) is 19.4 Å². The van der Waals surface area contributed by atoms with E-state index in [1.807, 2.05) is 0 Å². The lowest BCUT2D eigenvalue weighted by Crippen LogP contribution is -2.51. The summed E-state index contributed by atoms with van der Waals surface area (Å²) in [5, 5.41) is 2.64. The van der Waals surface area contributed by atoms with Gasteiger partial charge in [-0.05, 0) is 38.1 Å². The zero-order valence-corrected chi connectivity index (χ0v) is 19.9. The van der Waals surface area contributed by atoms with E-state index < -0.39 is 40.2 Å². The minimum absolute atomic E-state index is 0.181. The molecule has 0 aliphatic rings. The number of carbonyl (C=O) groups is 2. The molecule has 0 spiro atoms. The molecule has 2 aromatic rings. The summed E-state index contributed by atoms with van der Waals surface area (Å²) in [5.74, 6) is -1.57. The second kappa shape index (κ2) is 10.7. The molecule has 0 aromatic heterocycles. The van der Waals surface area contributed by atoms with E-state index in [1.165, 1.54) is 30.0 Å². The van der Waals surface area contributed by atoms with E-state index in [9.17, 15) is 22.4 Å². The van der Waals surface area contributed by atoms with Crippen molar-refractivity contribution < 1.29 is 22.4 Å². The first kappa shape index (κ1) is 24.8. The van der Waals surface area contributed by atoms with Crippen LogP contribution in [0.15, 0.2) is 53.0 Å². The Morgan fingerprint density at radius 2 is 1.84 bits per heavy atom. The topological polar surface area (TPSA) is 86.8 Å². The van der Waals surface area contributed by atoms with Gasteiger partial charge in [-0.2, -0.15) is 0 Å². The van der Waals surface area contributed by atoms with E-state index in [2.05, 4.69) is 21.2 Å². The van der Waals surface area contributed by atoms with Gasteiger partial charge in [0, 0.05) is 23.1 Å². The Morgan fingerprint density at radius 3 is 2.42 bits per heavy atom. The fourth-order valence-electron chi connectivity index (χ4n) is 2.96. The Bertz CT molecular complexity index is 1050. The highest BCUT2D eigenvalue weighted by Crippen LogP contribution is 2.23. The molecule has 2 amide bonds. The fourth-order valence-corrected chi connectivity index (χ4v) is 4.19. The highest BCUT2D eigenvalue weighted by molar-refractivity contribution is 9.10. The van der Waals surface area contributed by atoms with E-state index in [4.69, 9.17) is 0 Å². The van der Waals surface area contributed by atoms with Crippen LogP contribution in [-0.2, 0) is 26.2 Å². The molecule has 0 aliphatic carbocycles. The average Bonchev–Trinajstić information content (AvgIpc) is 2.70. The van der Waals surface area contributed by atoms with Crippen molar-refractivity contribution in [3.63, 3.8) is 0 Å². The molecule has 2 aromatic carbocycles. The number of benzene rings is 2. The summed E-state index contributed by atoms with van der Waals surface area (Å²) in [7, 11) is -3.81. The van der Waals surface area contributed by atoms with Gasteiger partial charge < -0.3 is 10.2 Å². The molecule has 0 saturated heterocycles. The summed E-state index contributed by atoms with van der Waals surface area (Å²) in [6.07, 6.45) is 0.996. The largest absolute Gasteiger partial charge is 0.355 e. The van der Waals surface area contributed by atoms with Gasteiger partial charge in [0.05, 0.1) is 11.9 Å². The van der Waals surface area contributed by atoms with Crippen molar-refractivity contribution in [2.75, 3.05) is 23.7 Å². The lowest BCUT2D eigenvalue weighted by Gasteiger charge is -2.31. The number of carbonyl (C=O) groups excluding carboxylic acids is 2. The third-order valence-corrected chi connectivity index (χ3v) is 6.23. The molecule has 1 atom stereocenters. The number of amides is 2. The van der Waals surface area contributed by atoms with Crippen LogP contribution in [-0.4, -0.2) is 50.5 Å². The van der Waals surface area contributed by atoms with Crippen LogP contribution in [0.3, 0.4) is 0 Å². The second-order valence-electron chi connectivity index (χ2n) is 6.93. The van der Waals surface area contributed by atoms with Gasteiger partial charge >= 0.3 is 0 Å². The summed E-state index contributed by atoms with van der Waals surface area (Å²) >= 11 is 3.29. The lowest BCUT2D eigenvalue weighted by molar-refractivity contribution is -0.139. The van der Waals surface area contributed by atoms with Crippen molar-refractivity contribution in [3.05, 3.63) is 64.4 Å². The molecule has 0 radical (unpaired) electrons. The summed E-state index contributed by atoms with van der Waals surface area (Å²) < 4.78 is 40.7. The zero-order valence-electron chi connectivity index (χ0n) is 17.5. The Morgan fingerprint density at radius 1 is 1.16 bits per heavy atom. The standard InChI is InChI=1S/C21H25BrFN3O4S/c1-4-24-21(28)15(2)25(13-16-8-5-6-11-19(16)23)20(27)14-26(31(3,29)30)18-10-7-9-17(22)12-18/h5-12,15H,4,13-14H2,1-3H3,(H,24,28)/t15-/m0/s1. The maximum absolute atomic E-state index is 14.2. The number of sulfonamides is 1. The van der Waals surface area contributed by atoms with Crippen molar-refractivity contribution in [1.82, 2.24) is 10.2 Å². The van der Waals surface area contributed by atoms with Crippen molar-refractivity contribution in [2.45, 2.75) is 26.4 Å². The number of hydrogen-bond donors (Lipinski definition) is 1. The first-order chi connectivity index (χ1) is 14.5. The first-order valence-corrected chi connectivity index (χ1v) is 12.2. The quantitative estimate of drug-likeness (QED) is 0.558. The third-order valence-electron chi connectivity index (χ3n) is 4.59. The van der Waals surface area contributed by atoms with E-state index in [-0.39, 0.29) is 12.1 Å². The fraction of sp³-hybridized carbons (Fsp3) is 0.333. The molecule has 1 N–H and O–H groups in total. The summed E-state index contributed by atoms with van der Waals surface area (Å²) in [4.78, 5) is 26.8. The van der Waals surface area contributed by atoms with Gasteiger partial charge in [0.25, 0.3) is 0 Å². The minimum Gasteiger partial charge on any atom is -0.355 e. The Labute approximate surface area is 190 Å². The van der Waals surface area contributed by atoms with Crippen molar-refractivity contribution in [2.24, 2.45) is 0 Å². The SMILES string of the molecule is CCNC(=O)[C@H](C)N(Cc1ccccc1F)C(=O)CN(c1cccc(Br)c1)S(C)(=O)=O. The van der Waals surface area contributed by atoms with E-state index in [0.29, 0.717) is 16.7 Å². The number of likely N-dealkylation sites (N-methyl/N-ethyl adjacent to an activating group) is 1. The Kier molecular flexibility index (Phi) is 8.58. The molecule has 0 unspecified atom stereocenters. The summed E-state index contributed by atoms with van der Waals surface area (Å²) in [6.45, 7) is 2.91. The monoisotopic (exact) mass is 513 g/mol. The first-order valence-electron chi connectivity index (χ1n) is 9.58. The van der Waals surface area contributed by atoms with Gasteiger partial charge in [-0.15, -0.1) is 0 Å². The van der Waals surface area contributed by atoms with Crippen molar-refractivity contribution in [1.29, 1.82) is 0 Å². The zero-order chi connectivity index (χ0) is 23.2. The number of rotatable bonds is 9. The Hall–Kier alpha value is -2.46. The maximum Gasteiger partial charge on any atom is 0.244 e. The number of anilines is 1. The number of halogens is 2. The molecular weight excluding hydrogens is 489 g/mol. The molecular formula is C21H25BrFN3O4S. The molecule has 0 bridgehead atoms. The van der Waals surface area contributed by atoms with Gasteiger partial charge in [0.2, 0.25) is 21.8 Å². The van der Waals surface area contributed by atoms with Gasteiger partial charge in [-0.3, -0.25) is 13.9 Å². The van der Waals surface area contributed by atoms with Crippen molar-refractivity contribution >= 4 is 43.5 Å². The molecule has 0 aliphatic heterocycles. The molecule has 7 nitrogen and oxygen atoms in total. The minimum atomic E-state index is -3.81. The van der Waals surface area contributed by atoms with Crippen LogP contribution < -0.4 is 9.62 Å². The number of hydrogen-bond acceptors (Lipinski definition) is 4. The molecule has 10 heteroatoms. The van der Waals surface area contributed by atoms with Gasteiger partial charge in [0.1, 0.15) is 18.4 Å². The summed E-state index contributed by atoms with van der Waals surface area (Å²) in [5.41, 5.74) is 0.516. The predicted octanol–water partition coefficient (Wildman–Crippen LogP) is 2.91. The molecule has 0 fully saturated rings. The summed E-state index contributed by atoms with van der Waals surface area (Å²) in [6, 6.07) is 11.5. The van der Waals surface area contributed by atoms with Crippen LogP contribution in [0.2, 0.25) is 0 Å². The smallest absolute Gasteiger partial charge is 0.244 e. The second-order valence-corrected chi connectivity index (χ2v) is 9.76. The average molecular weight is 514 g/mol. The normalized spacial score (nSPS) is 12.2. The molecule has 0 saturated carbocycles. The molecule has 0 heterocycles. The molecule has 2 rings (SSSR count). The van der Waals surface area contributed by atoms with Crippen molar-refractivity contribution in [3.8, 4) is 0 Å². The number of nitrogens with one attached hydrogen (secondary N) is 1.